The number of alkyl halides is 3. The van der Waals surface area contributed by atoms with Crippen LogP contribution in [-0.4, -0.2) is 64.3 Å². The maximum atomic E-state index is 13.5. The third-order valence-corrected chi connectivity index (χ3v) is 8.56. The number of hydrogen-bond donors (Lipinski definition) is 2. The summed E-state index contributed by atoms with van der Waals surface area (Å²) >= 11 is 1.36. The van der Waals surface area contributed by atoms with Gasteiger partial charge in [-0.1, -0.05) is 18.2 Å². The number of thioether (sulfide) groups is 1. The predicted octanol–water partition coefficient (Wildman–Crippen LogP) is 4.46. The van der Waals surface area contributed by atoms with Crippen molar-refractivity contribution in [3.8, 4) is 0 Å². The topological polar surface area (TPSA) is 136 Å². The van der Waals surface area contributed by atoms with Crippen LogP contribution in [0.1, 0.15) is 27.2 Å². The first-order valence-electron chi connectivity index (χ1n) is 11.2. The number of carbonyl (C=O) groups is 1. The lowest BCUT2D eigenvalue weighted by Crippen LogP contribution is -2.37. The molecule has 0 saturated carbocycles. The van der Waals surface area contributed by atoms with Gasteiger partial charge >= 0.3 is 11.6 Å². The quantitative estimate of drug-likeness (QED) is 0.384. The Labute approximate surface area is 224 Å². The molecule has 2 aromatic carbocycles. The average molecular weight is 598 g/mol. The highest BCUT2D eigenvalue weighted by Crippen LogP contribution is 2.36. The van der Waals surface area contributed by atoms with Gasteiger partial charge in [0.05, 0.1) is 10.6 Å². The number of nitrogens with two attached hydrogens (primary N) is 1. The van der Waals surface area contributed by atoms with E-state index in [0.717, 1.165) is 17.0 Å². The van der Waals surface area contributed by atoms with E-state index >= 15 is 0 Å². The van der Waals surface area contributed by atoms with Crippen molar-refractivity contribution in [3.05, 3.63) is 48.5 Å². The number of sulfonamides is 1. The first-order valence-corrected chi connectivity index (χ1v) is 15.2. The van der Waals surface area contributed by atoms with Crippen LogP contribution in [0.4, 0.5) is 23.7 Å². The molecule has 1 unspecified atom stereocenters. The van der Waals surface area contributed by atoms with E-state index in [0.29, 0.717) is 6.07 Å². The van der Waals surface area contributed by atoms with Gasteiger partial charge in [0, 0.05) is 30.3 Å². The van der Waals surface area contributed by atoms with Crippen molar-refractivity contribution in [2.75, 3.05) is 24.7 Å². The van der Waals surface area contributed by atoms with Gasteiger partial charge in [0.2, 0.25) is 10.0 Å². The molecule has 0 aliphatic heterocycles. The van der Waals surface area contributed by atoms with E-state index in [4.69, 9.17) is 9.88 Å². The zero-order valence-electron chi connectivity index (χ0n) is 21.2. The summed E-state index contributed by atoms with van der Waals surface area (Å²) < 4.78 is 93.8. The lowest BCUT2D eigenvalue weighted by molar-refractivity contribution is -0.0436. The summed E-state index contributed by atoms with van der Waals surface area (Å²) in [6.45, 7) is 5.23. The number of hydrogen-bond acceptors (Lipinski definition) is 8. The maximum absolute atomic E-state index is 13.5. The number of amides is 1. The molecule has 9 nitrogen and oxygen atoms in total. The van der Waals surface area contributed by atoms with Crippen molar-refractivity contribution in [1.82, 2.24) is 4.90 Å². The van der Waals surface area contributed by atoms with Crippen molar-refractivity contribution < 1.29 is 39.5 Å². The third kappa shape index (κ3) is 9.06. The van der Waals surface area contributed by atoms with Crippen molar-refractivity contribution in [1.29, 1.82) is 0 Å². The van der Waals surface area contributed by atoms with E-state index in [-0.39, 0.29) is 18.7 Å². The summed E-state index contributed by atoms with van der Waals surface area (Å²) in [6, 6.07) is 10.7. The third-order valence-electron chi connectivity index (χ3n) is 4.95. The Balaban J connectivity index is 2.41. The molecular weight excluding hydrogens is 567 g/mol. The molecule has 212 valence electrons. The maximum Gasteiger partial charge on any atom is 0.501 e. The molecule has 15 heteroatoms. The summed E-state index contributed by atoms with van der Waals surface area (Å²) in [4.78, 5) is 12.4. The monoisotopic (exact) mass is 597 g/mol. The standard InChI is InChI=1S/C23H30F3N3O6S3/c1-22(2,3)35-21(30)29(4)13-12-16(15-36-17-8-6-5-7-9-17)28-19-11-10-18(38(27,33)34)14-20(19)37(31,32)23(24,25)26/h5-11,14,16,28H,12-13,15H2,1-4H3,(H2,27,33,34). The summed E-state index contributed by atoms with van der Waals surface area (Å²) in [5.74, 6) is 0.272. The van der Waals surface area contributed by atoms with E-state index < -0.39 is 58.6 Å². The van der Waals surface area contributed by atoms with E-state index in [1.807, 2.05) is 18.2 Å². The van der Waals surface area contributed by atoms with Crippen LogP contribution < -0.4 is 10.5 Å². The van der Waals surface area contributed by atoms with Gasteiger partial charge < -0.3 is 15.0 Å². The van der Waals surface area contributed by atoms with Gasteiger partial charge in [-0.25, -0.2) is 26.8 Å². The molecule has 0 saturated heterocycles. The van der Waals surface area contributed by atoms with Crippen LogP contribution in [0.25, 0.3) is 0 Å². The summed E-state index contributed by atoms with van der Waals surface area (Å²) in [5.41, 5.74) is -6.88. The fraction of sp³-hybridized carbons (Fsp3) is 0.435. The number of rotatable bonds is 10. The van der Waals surface area contributed by atoms with Crippen LogP contribution in [0.15, 0.2) is 63.2 Å². The average Bonchev–Trinajstić information content (AvgIpc) is 2.78. The fourth-order valence-electron chi connectivity index (χ4n) is 3.06. The molecule has 0 aliphatic carbocycles. The number of ether oxygens (including phenoxy) is 1. The van der Waals surface area contributed by atoms with Crippen LogP contribution in [0.2, 0.25) is 0 Å². The smallest absolute Gasteiger partial charge is 0.444 e. The van der Waals surface area contributed by atoms with Crippen LogP contribution in [-0.2, 0) is 24.6 Å². The molecule has 2 aromatic rings. The molecule has 2 rings (SSSR count). The highest BCUT2D eigenvalue weighted by molar-refractivity contribution is 7.99. The molecule has 0 bridgehead atoms. The van der Waals surface area contributed by atoms with Crippen LogP contribution in [0.3, 0.4) is 0 Å². The number of primary sulfonamides is 1. The summed E-state index contributed by atoms with van der Waals surface area (Å²) in [7, 11) is -8.94. The van der Waals surface area contributed by atoms with Gasteiger partial charge in [0.25, 0.3) is 9.84 Å². The zero-order chi connectivity index (χ0) is 28.9. The summed E-state index contributed by atoms with van der Waals surface area (Å²) in [5, 5.41) is 7.82. The van der Waals surface area contributed by atoms with Gasteiger partial charge in [0.15, 0.2) is 0 Å². The largest absolute Gasteiger partial charge is 0.501 e. The first kappa shape index (κ1) is 31.7. The number of sulfone groups is 1. The van der Waals surface area contributed by atoms with E-state index in [1.54, 1.807) is 32.9 Å². The minimum Gasteiger partial charge on any atom is -0.444 e. The molecule has 0 fully saturated rings. The Hall–Kier alpha value is -2.49. The number of anilines is 1. The Morgan fingerprint density at radius 3 is 2.21 bits per heavy atom. The number of nitrogens with zero attached hydrogens (tertiary/aromatic N) is 1. The van der Waals surface area contributed by atoms with Gasteiger partial charge in [-0.3, -0.25) is 0 Å². The molecule has 3 N–H and O–H groups in total. The predicted molar refractivity (Wildman–Crippen MR) is 139 cm³/mol. The van der Waals surface area contributed by atoms with Gasteiger partial charge in [0.1, 0.15) is 10.5 Å². The van der Waals surface area contributed by atoms with Gasteiger partial charge in [-0.05, 0) is 57.5 Å². The van der Waals surface area contributed by atoms with Crippen LogP contribution >= 0.6 is 11.8 Å². The second kappa shape index (κ2) is 12.1. The van der Waals surface area contributed by atoms with Crippen molar-refractivity contribution in [2.24, 2.45) is 5.14 Å². The summed E-state index contributed by atoms with van der Waals surface area (Å²) in [6.07, 6.45) is -0.414. The van der Waals surface area contributed by atoms with E-state index in [9.17, 15) is 34.8 Å². The van der Waals surface area contributed by atoms with Crippen molar-refractivity contribution in [2.45, 2.75) is 59.0 Å². The number of carbonyl (C=O) groups excluding carboxylic acids is 1. The van der Waals surface area contributed by atoms with Crippen molar-refractivity contribution in [3.63, 3.8) is 0 Å². The molecule has 0 aromatic heterocycles. The Bertz CT molecular complexity index is 1330. The minimum atomic E-state index is -5.94. The number of nitrogens with one attached hydrogen (secondary N) is 1. The van der Waals surface area contributed by atoms with Crippen LogP contribution in [0.5, 0.6) is 0 Å². The Morgan fingerprint density at radius 2 is 1.68 bits per heavy atom. The Kier molecular flexibility index (Phi) is 10.1. The fourth-order valence-corrected chi connectivity index (χ4v) is 5.61. The number of benzene rings is 2. The minimum absolute atomic E-state index is 0.124. The molecule has 38 heavy (non-hydrogen) atoms. The number of halogens is 3. The highest BCUT2D eigenvalue weighted by Gasteiger charge is 2.48. The second-order valence-corrected chi connectivity index (χ2v) is 13.9. The highest BCUT2D eigenvalue weighted by atomic mass is 32.2. The normalized spacial score (nSPS) is 13.6. The van der Waals surface area contributed by atoms with Gasteiger partial charge in [-0.2, -0.15) is 13.2 Å². The molecule has 0 radical (unpaired) electrons. The van der Waals surface area contributed by atoms with Crippen LogP contribution in [0, 0.1) is 0 Å². The lowest BCUT2D eigenvalue weighted by Gasteiger charge is -2.27. The Morgan fingerprint density at radius 1 is 1.08 bits per heavy atom. The second-order valence-electron chi connectivity index (χ2n) is 9.31. The molecule has 1 atom stereocenters. The molecule has 0 heterocycles. The lowest BCUT2D eigenvalue weighted by atomic mass is 10.2. The SMILES string of the molecule is CN(CCC(CSc1ccccc1)Nc1ccc(S(N)(=O)=O)cc1S(=O)(=O)C(F)(F)F)C(=O)OC(C)(C)C. The molecule has 0 aliphatic rings. The van der Waals surface area contributed by atoms with E-state index in [2.05, 4.69) is 5.32 Å². The van der Waals surface area contributed by atoms with E-state index in [1.165, 1.54) is 23.7 Å². The molecule has 1 amide bonds. The molecule has 0 spiro atoms. The van der Waals surface area contributed by atoms with Crippen molar-refractivity contribution >= 4 is 43.4 Å². The zero-order valence-corrected chi connectivity index (χ0v) is 23.6. The molecular formula is C23H30F3N3O6S3. The first-order chi connectivity index (χ1) is 17.3. The van der Waals surface area contributed by atoms with Gasteiger partial charge in [-0.15, -0.1) is 11.8 Å².